The first-order valence-corrected chi connectivity index (χ1v) is 7.87. The van der Waals surface area contributed by atoms with E-state index in [4.69, 9.17) is 11.6 Å². The van der Waals surface area contributed by atoms with Crippen LogP contribution < -0.4 is 21.5 Å². The highest BCUT2D eigenvalue weighted by Gasteiger charge is 2.09. The van der Waals surface area contributed by atoms with Crippen molar-refractivity contribution >= 4 is 40.8 Å². The number of para-hydroxylation sites is 2. The van der Waals surface area contributed by atoms with Crippen molar-refractivity contribution in [1.29, 1.82) is 0 Å². The highest BCUT2D eigenvalue weighted by atomic mass is 35.5. The molecule has 0 aromatic heterocycles. The number of benzene rings is 2. The van der Waals surface area contributed by atoms with Crippen LogP contribution in [0.1, 0.15) is 12.8 Å². The average Bonchev–Trinajstić information content (AvgIpc) is 2.61. The van der Waals surface area contributed by atoms with Gasteiger partial charge >= 0.3 is 6.03 Å². The van der Waals surface area contributed by atoms with Gasteiger partial charge in [-0.1, -0.05) is 41.9 Å². The Morgan fingerprint density at radius 3 is 2.12 bits per heavy atom. The molecule has 0 radical (unpaired) electrons. The van der Waals surface area contributed by atoms with E-state index in [2.05, 4.69) is 21.5 Å². The lowest BCUT2D eigenvalue weighted by molar-refractivity contribution is -0.124. The molecule has 4 N–H and O–H groups in total. The van der Waals surface area contributed by atoms with E-state index in [0.29, 0.717) is 16.4 Å². The molecule has 2 aromatic carbocycles. The minimum atomic E-state index is -0.583. The monoisotopic (exact) mass is 360 g/mol. The van der Waals surface area contributed by atoms with Gasteiger partial charge in [0.25, 0.3) is 0 Å². The summed E-state index contributed by atoms with van der Waals surface area (Å²) in [4.78, 5) is 35.1. The van der Waals surface area contributed by atoms with Crippen LogP contribution in [0.25, 0.3) is 0 Å². The Bertz CT molecular complexity index is 753. The maximum Gasteiger partial charge on any atom is 0.337 e. The summed E-state index contributed by atoms with van der Waals surface area (Å²) in [5.41, 5.74) is 5.51. The normalized spacial score (nSPS) is 9.80. The van der Waals surface area contributed by atoms with E-state index in [1.807, 2.05) is 6.07 Å². The van der Waals surface area contributed by atoms with E-state index in [1.54, 1.807) is 48.5 Å². The molecule has 8 heteroatoms. The smallest absolute Gasteiger partial charge is 0.325 e. The quantitative estimate of drug-likeness (QED) is 0.617. The summed E-state index contributed by atoms with van der Waals surface area (Å²) in [5, 5.41) is 5.57. The summed E-state index contributed by atoms with van der Waals surface area (Å²) < 4.78 is 0. The van der Waals surface area contributed by atoms with Crippen molar-refractivity contribution in [1.82, 2.24) is 10.9 Å². The van der Waals surface area contributed by atoms with Gasteiger partial charge in [-0.2, -0.15) is 0 Å². The second-order valence-electron chi connectivity index (χ2n) is 5.02. The van der Waals surface area contributed by atoms with Gasteiger partial charge in [0.1, 0.15) is 0 Å². The molecule has 4 amide bonds. The van der Waals surface area contributed by atoms with E-state index >= 15 is 0 Å². The number of anilines is 2. The molecular weight excluding hydrogens is 344 g/mol. The molecule has 0 aliphatic heterocycles. The first-order valence-electron chi connectivity index (χ1n) is 7.50. The Hall–Kier alpha value is -3.06. The molecule has 130 valence electrons. The number of hydrogen-bond donors (Lipinski definition) is 4. The highest BCUT2D eigenvalue weighted by Crippen LogP contribution is 2.20. The predicted octanol–water partition coefficient (Wildman–Crippen LogP) is 2.91. The molecular formula is C17H17ClN4O3. The zero-order valence-corrected chi connectivity index (χ0v) is 14.0. The number of halogens is 1. The maximum atomic E-state index is 11.8. The van der Waals surface area contributed by atoms with Crippen LogP contribution in [0.2, 0.25) is 5.02 Å². The van der Waals surface area contributed by atoms with E-state index in [-0.39, 0.29) is 18.7 Å². The molecule has 0 heterocycles. The molecule has 0 spiro atoms. The number of urea groups is 1. The van der Waals surface area contributed by atoms with Gasteiger partial charge < -0.3 is 10.6 Å². The van der Waals surface area contributed by atoms with Crippen LogP contribution in [-0.4, -0.2) is 17.8 Å². The van der Waals surface area contributed by atoms with Gasteiger partial charge in [-0.25, -0.2) is 10.2 Å². The summed E-state index contributed by atoms with van der Waals surface area (Å²) in [6.45, 7) is 0. The third kappa shape index (κ3) is 6.52. The highest BCUT2D eigenvalue weighted by molar-refractivity contribution is 6.33. The Kier molecular flexibility index (Phi) is 6.79. The minimum Gasteiger partial charge on any atom is -0.325 e. The van der Waals surface area contributed by atoms with Crippen LogP contribution in [0.5, 0.6) is 0 Å². The van der Waals surface area contributed by atoms with E-state index in [0.717, 1.165) is 0 Å². The summed E-state index contributed by atoms with van der Waals surface area (Å²) >= 11 is 5.93. The van der Waals surface area contributed by atoms with Crippen LogP contribution in [0.4, 0.5) is 16.2 Å². The van der Waals surface area contributed by atoms with Gasteiger partial charge in [-0.05, 0) is 24.3 Å². The average molecular weight is 361 g/mol. The van der Waals surface area contributed by atoms with Crippen molar-refractivity contribution in [2.45, 2.75) is 12.8 Å². The lowest BCUT2D eigenvalue weighted by Crippen LogP contribution is -2.44. The third-order valence-corrected chi connectivity index (χ3v) is 3.40. The van der Waals surface area contributed by atoms with Crippen molar-refractivity contribution in [2.24, 2.45) is 0 Å². The zero-order valence-electron chi connectivity index (χ0n) is 13.2. The molecule has 0 aliphatic carbocycles. The topological polar surface area (TPSA) is 99.3 Å². The molecule has 0 aliphatic rings. The zero-order chi connectivity index (χ0) is 18.1. The number of nitrogens with one attached hydrogen (secondary N) is 4. The first-order chi connectivity index (χ1) is 12.0. The molecule has 0 atom stereocenters. The Morgan fingerprint density at radius 1 is 0.760 bits per heavy atom. The van der Waals surface area contributed by atoms with E-state index in [9.17, 15) is 14.4 Å². The Morgan fingerprint density at radius 2 is 1.40 bits per heavy atom. The molecule has 2 rings (SSSR count). The summed E-state index contributed by atoms with van der Waals surface area (Å²) in [6.07, 6.45) is -0.124. The van der Waals surface area contributed by atoms with Crippen LogP contribution in [0.3, 0.4) is 0 Å². The van der Waals surface area contributed by atoms with Gasteiger partial charge in [-0.3, -0.25) is 15.0 Å². The summed E-state index contributed by atoms with van der Waals surface area (Å²) in [7, 11) is 0. The van der Waals surface area contributed by atoms with Crippen LogP contribution in [-0.2, 0) is 9.59 Å². The number of rotatable bonds is 5. The predicted molar refractivity (Wildman–Crippen MR) is 96.1 cm³/mol. The molecule has 0 saturated heterocycles. The Balaban J connectivity index is 1.67. The maximum absolute atomic E-state index is 11.8. The van der Waals surface area contributed by atoms with Crippen molar-refractivity contribution in [3.63, 3.8) is 0 Å². The minimum absolute atomic E-state index is 0.0426. The van der Waals surface area contributed by atoms with Gasteiger partial charge in [-0.15, -0.1) is 0 Å². The fraction of sp³-hybridized carbons (Fsp3) is 0.118. The lowest BCUT2D eigenvalue weighted by atomic mass is 10.2. The van der Waals surface area contributed by atoms with Crippen molar-refractivity contribution in [2.75, 3.05) is 10.6 Å². The molecule has 7 nitrogen and oxygen atoms in total. The van der Waals surface area contributed by atoms with Crippen molar-refractivity contribution < 1.29 is 14.4 Å². The summed E-state index contributed by atoms with van der Waals surface area (Å²) in [5.74, 6) is -0.838. The largest absolute Gasteiger partial charge is 0.337 e. The number of hydrazine groups is 1. The standard InChI is InChI=1S/C17H17ClN4O3/c18-13-8-4-5-9-14(13)20-15(23)10-11-16(24)21-22-17(25)19-12-6-2-1-3-7-12/h1-9H,10-11H2,(H,20,23)(H,21,24)(H2,19,22,25). The summed E-state index contributed by atoms with van der Waals surface area (Å²) in [6, 6.07) is 15.0. The first kappa shape index (κ1) is 18.3. The third-order valence-electron chi connectivity index (χ3n) is 3.07. The number of carbonyl (C=O) groups excluding carboxylic acids is 3. The van der Waals surface area contributed by atoms with Gasteiger partial charge in [0.15, 0.2) is 0 Å². The van der Waals surface area contributed by atoms with Crippen LogP contribution in [0, 0.1) is 0 Å². The number of hydrogen-bond acceptors (Lipinski definition) is 3. The van der Waals surface area contributed by atoms with Gasteiger partial charge in [0.2, 0.25) is 11.8 Å². The van der Waals surface area contributed by atoms with Gasteiger partial charge in [0.05, 0.1) is 10.7 Å². The number of amides is 4. The van der Waals surface area contributed by atoms with E-state index < -0.39 is 11.9 Å². The van der Waals surface area contributed by atoms with Crippen molar-refractivity contribution in [3.05, 3.63) is 59.6 Å². The van der Waals surface area contributed by atoms with Crippen molar-refractivity contribution in [3.8, 4) is 0 Å². The fourth-order valence-electron chi connectivity index (χ4n) is 1.88. The van der Waals surface area contributed by atoms with Crippen LogP contribution >= 0.6 is 11.6 Å². The fourth-order valence-corrected chi connectivity index (χ4v) is 2.06. The number of carbonyl (C=O) groups is 3. The molecule has 0 saturated carbocycles. The second kappa shape index (κ2) is 9.29. The molecule has 0 fully saturated rings. The molecule has 0 bridgehead atoms. The molecule has 0 unspecified atom stereocenters. The Labute approximate surface area is 149 Å². The lowest BCUT2D eigenvalue weighted by Gasteiger charge is -2.09. The second-order valence-corrected chi connectivity index (χ2v) is 5.43. The SMILES string of the molecule is O=C(CCC(=O)Nc1ccccc1Cl)NNC(=O)Nc1ccccc1. The van der Waals surface area contributed by atoms with Gasteiger partial charge in [0, 0.05) is 18.5 Å². The molecule has 2 aromatic rings. The molecule has 25 heavy (non-hydrogen) atoms. The van der Waals surface area contributed by atoms with E-state index in [1.165, 1.54) is 0 Å². The van der Waals surface area contributed by atoms with Crippen LogP contribution in [0.15, 0.2) is 54.6 Å².